The van der Waals surface area contributed by atoms with Crippen molar-refractivity contribution in [3.63, 3.8) is 0 Å². The maximum absolute atomic E-state index is 14.2. The Hall–Kier alpha value is -3.99. The van der Waals surface area contributed by atoms with Crippen molar-refractivity contribution < 1.29 is 17.6 Å². The predicted octanol–water partition coefficient (Wildman–Crippen LogP) is -0.0687. The van der Waals surface area contributed by atoms with E-state index in [1.54, 1.807) is 0 Å². The minimum atomic E-state index is -3.98. The van der Waals surface area contributed by atoms with Crippen molar-refractivity contribution in [1.29, 1.82) is 31.6 Å². The summed E-state index contributed by atoms with van der Waals surface area (Å²) in [6.45, 7) is 0. The summed E-state index contributed by atoms with van der Waals surface area (Å²) in [4.78, 5) is 0. The highest BCUT2D eigenvalue weighted by Gasteiger charge is 2.41. The van der Waals surface area contributed by atoms with Crippen LogP contribution in [0.1, 0.15) is 0 Å². The van der Waals surface area contributed by atoms with Gasteiger partial charge in [-0.25, -0.2) is 49.1 Å². The fraction of sp³-hybridized carbons (Fsp3) is 0. The fourth-order valence-corrected chi connectivity index (χ4v) is 1.99. The molecule has 12 heteroatoms. The molecule has 0 aliphatic heterocycles. The first kappa shape index (κ1) is 18.1. The van der Waals surface area contributed by atoms with Gasteiger partial charge in [-0.05, 0) is 0 Å². The molecule has 6 nitrogen and oxygen atoms in total. The molecule has 0 aliphatic carbocycles. The first-order valence-electron chi connectivity index (χ1n) is 5.91. The summed E-state index contributed by atoms with van der Waals surface area (Å²) in [7, 11) is 0. The molecular formula is C12B2F4N6-2. The maximum atomic E-state index is 14.2. The molecule has 0 saturated carbocycles. The van der Waals surface area contributed by atoms with Crippen LogP contribution in [0, 0.1) is 90.7 Å². The standard InChI is InChI=1S/C12B2F4N6/c15-9-7(13(1-19,2-20)3-21)10(16)12(18)8(11(9)17)14(4-22,5-23)6-24/q-2. The molecule has 24 heavy (non-hydrogen) atoms. The van der Waals surface area contributed by atoms with Crippen LogP contribution in [0.15, 0.2) is 0 Å². The number of halogens is 4. The van der Waals surface area contributed by atoms with Gasteiger partial charge in [0.1, 0.15) is 23.3 Å². The quantitative estimate of drug-likeness (QED) is 0.423. The normalized spacial score (nSPS) is 10.2. The van der Waals surface area contributed by atoms with Crippen LogP contribution in [0.5, 0.6) is 0 Å². The molecule has 0 bridgehead atoms. The molecule has 0 radical (unpaired) electrons. The Bertz CT molecular complexity index is 814. The zero-order valence-electron chi connectivity index (χ0n) is 11.3. The summed E-state index contributed by atoms with van der Waals surface area (Å²) >= 11 is 0. The van der Waals surface area contributed by atoms with Crippen molar-refractivity contribution in [2.24, 2.45) is 0 Å². The third kappa shape index (κ3) is 2.08. The zero-order chi connectivity index (χ0) is 18.7. The molecule has 0 N–H and O–H groups in total. The van der Waals surface area contributed by atoms with Gasteiger partial charge in [0.2, 0.25) is 0 Å². The number of nitrogens with zero attached hydrogens (tertiary/aromatic N) is 6. The van der Waals surface area contributed by atoms with E-state index in [0.29, 0.717) is 0 Å². The van der Waals surface area contributed by atoms with Crippen LogP contribution in [0.3, 0.4) is 0 Å². The summed E-state index contributed by atoms with van der Waals surface area (Å²) in [5, 5.41) is 53.0. The maximum Gasteiger partial charge on any atom is 0.327 e. The second-order valence-electron chi connectivity index (χ2n) is 4.59. The van der Waals surface area contributed by atoms with E-state index in [1.165, 1.54) is 0 Å². The molecule has 0 saturated heterocycles. The zero-order valence-corrected chi connectivity index (χ0v) is 11.3. The van der Waals surface area contributed by atoms with Gasteiger partial charge in [0.05, 0.1) is 0 Å². The van der Waals surface area contributed by atoms with E-state index in [4.69, 9.17) is 31.6 Å². The highest BCUT2D eigenvalue weighted by molar-refractivity contribution is 7.10. The number of hydrogen-bond acceptors (Lipinski definition) is 6. The molecule has 0 aromatic heterocycles. The van der Waals surface area contributed by atoms with Gasteiger partial charge in [-0.2, -0.15) is 0 Å². The van der Waals surface area contributed by atoms with Crippen molar-refractivity contribution in [1.82, 2.24) is 0 Å². The predicted molar refractivity (Wildman–Crippen MR) is 70.7 cm³/mol. The van der Waals surface area contributed by atoms with Gasteiger partial charge in [-0.3, -0.25) is 0 Å². The second kappa shape index (κ2) is 6.02. The molecule has 1 aromatic carbocycles. The smallest absolute Gasteiger partial charge is 0.246 e. The van der Waals surface area contributed by atoms with E-state index in [9.17, 15) is 17.6 Å². The van der Waals surface area contributed by atoms with E-state index in [2.05, 4.69) is 0 Å². The van der Waals surface area contributed by atoms with Crippen molar-refractivity contribution in [3.8, 4) is 35.8 Å². The van der Waals surface area contributed by atoms with Crippen LogP contribution >= 0.6 is 0 Å². The second-order valence-corrected chi connectivity index (χ2v) is 4.59. The molecule has 0 heterocycles. The lowest BCUT2D eigenvalue weighted by molar-refractivity contribution is 0.472. The number of benzene rings is 1. The average molecular weight is 326 g/mol. The fourth-order valence-electron chi connectivity index (χ4n) is 1.99. The van der Waals surface area contributed by atoms with Gasteiger partial charge < -0.3 is 0 Å². The molecule has 0 aliphatic rings. The van der Waals surface area contributed by atoms with Crippen LogP contribution in [-0.4, -0.2) is 12.3 Å². The third-order valence-corrected chi connectivity index (χ3v) is 3.36. The topological polar surface area (TPSA) is 143 Å². The molecule has 0 amide bonds. The molecular weight excluding hydrogens is 326 g/mol. The Kier molecular flexibility index (Phi) is 4.53. The Morgan fingerprint density at radius 1 is 0.458 bits per heavy atom. The highest BCUT2D eigenvalue weighted by atomic mass is 19.2. The van der Waals surface area contributed by atoms with Crippen molar-refractivity contribution in [2.45, 2.75) is 0 Å². The van der Waals surface area contributed by atoms with Crippen LogP contribution in [0.25, 0.3) is 0 Å². The first-order chi connectivity index (χ1) is 11.3. The minimum Gasteiger partial charge on any atom is -0.246 e. The van der Waals surface area contributed by atoms with Crippen LogP contribution in [0.2, 0.25) is 0 Å². The Morgan fingerprint density at radius 2 is 0.625 bits per heavy atom. The SMILES string of the molecule is N#C[B-](C#N)(C#N)c1c(F)c(F)c([B-](C#N)(C#N)C#N)c(F)c1F. The Balaban J connectivity index is 4.17. The molecule has 0 spiro atoms. The summed E-state index contributed by atoms with van der Waals surface area (Å²) in [5.74, 6) is -3.14. The molecule has 1 aromatic rings. The van der Waals surface area contributed by atoms with Gasteiger partial charge in [-0.1, -0.05) is 10.9 Å². The van der Waals surface area contributed by atoms with E-state index in [-0.39, 0.29) is 0 Å². The van der Waals surface area contributed by atoms with Crippen LogP contribution in [-0.2, 0) is 0 Å². The summed E-state index contributed by atoms with van der Waals surface area (Å²) < 4.78 is 56.6. The van der Waals surface area contributed by atoms with Gasteiger partial charge >= 0.3 is 12.3 Å². The molecule has 114 valence electrons. The third-order valence-electron chi connectivity index (χ3n) is 3.36. The minimum absolute atomic E-state index is 1.00. The van der Waals surface area contributed by atoms with Crippen molar-refractivity contribution in [2.75, 3.05) is 0 Å². The molecule has 1 rings (SSSR count). The van der Waals surface area contributed by atoms with Crippen LogP contribution < -0.4 is 10.9 Å². The van der Waals surface area contributed by atoms with Gasteiger partial charge in [0, 0.05) is 0 Å². The number of hydrogen-bond donors (Lipinski definition) is 0. The summed E-state index contributed by atoms with van der Waals surface area (Å²) in [5.41, 5.74) is -3.53. The highest BCUT2D eigenvalue weighted by Crippen LogP contribution is 2.17. The summed E-state index contributed by atoms with van der Waals surface area (Å²) in [6.07, 6.45) is -7.96. The van der Waals surface area contributed by atoms with E-state index < -0.39 is 46.5 Å². The lowest BCUT2D eigenvalue weighted by Gasteiger charge is -2.26. The van der Waals surface area contributed by atoms with E-state index in [0.717, 1.165) is 35.8 Å². The largest absolute Gasteiger partial charge is 0.327 e. The lowest BCUT2D eigenvalue weighted by Crippen LogP contribution is -2.56. The summed E-state index contributed by atoms with van der Waals surface area (Å²) in [6, 6.07) is 0. The van der Waals surface area contributed by atoms with Crippen molar-refractivity contribution in [3.05, 3.63) is 23.3 Å². The van der Waals surface area contributed by atoms with Gasteiger partial charge in [-0.15, -0.1) is 35.8 Å². The number of nitriles is 6. The Labute approximate surface area is 132 Å². The van der Waals surface area contributed by atoms with E-state index in [1.807, 2.05) is 0 Å². The van der Waals surface area contributed by atoms with Gasteiger partial charge in [0.25, 0.3) is 0 Å². The molecule has 0 atom stereocenters. The molecule has 0 unspecified atom stereocenters. The number of rotatable bonds is 2. The van der Waals surface area contributed by atoms with Crippen molar-refractivity contribution >= 4 is 23.2 Å². The molecule has 0 fully saturated rings. The van der Waals surface area contributed by atoms with E-state index >= 15 is 0 Å². The van der Waals surface area contributed by atoms with Gasteiger partial charge in [0.15, 0.2) is 0 Å². The lowest BCUT2D eigenvalue weighted by atomic mass is 9.23. The van der Waals surface area contributed by atoms with Crippen LogP contribution in [0.4, 0.5) is 17.6 Å². The first-order valence-corrected chi connectivity index (χ1v) is 5.91. The Morgan fingerprint density at radius 3 is 0.750 bits per heavy atom. The monoisotopic (exact) mass is 326 g/mol. The average Bonchev–Trinajstić information content (AvgIpc) is 2.61.